The van der Waals surface area contributed by atoms with Gasteiger partial charge in [0.2, 0.25) is 0 Å². The van der Waals surface area contributed by atoms with Crippen LogP contribution in [-0.4, -0.2) is 40.5 Å². The molecule has 0 aliphatic rings. The van der Waals surface area contributed by atoms with E-state index in [1.807, 2.05) is 5.32 Å². The van der Waals surface area contributed by atoms with Crippen LogP contribution < -0.4 is 5.32 Å². The number of nitrogens with one attached hydrogen (secondary N) is 1. The van der Waals surface area contributed by atoms with Gasteiger partial charge in [0.25, 0.3) is 11.6 Å². The average molecular weight is 468 g/mol. The smallest absolute Gasteiger partial charge is 0.417 e. The number of nitro groups is 1. The number of hydrogen-bond acceptors (Lipinski definition) is 6. The zero-order valence-corrected chi connectivity index (χ0v) is 17.2. The Morgan fingerprint density at radius 2 is 1.73 bits per heavy atom. The number of aliphatic carboxylic acids is 1. The number of nitrogens with zero attached hydrogens (tertiary/aromatic N) is 1. The molecule has 9 nitrogen and oxygen atoms in total. The highest BCUT2D eigenvalue weighted by molar-refractivity contribution is 5.98. The number of nitro benzene ring substituents is 1. The predicted octanol–water partition coefficient (Wildman–Crippen LogP) is 3.53. The van der Waals surface area contributed by atoms with Gasteiger partial charge in [0.1, 0.15) is 6.04 Å². The molecule has 2 aromatic carbocycles. The van der Waals surface area contributed by atoms with Gasteiger partial charge in [0.05, 0.1) is 29.1 Å². The molecule has 12 heteroatoms. The molecule has 1 amide bonds. The number of carbonyl (C=O) groups excluding carboxylic acids is 2. The van der Waals surface area contributed by atoms with Crippen LogP contribution in [0, 0.1) is 10.1 Å². The van der Waals surface area contributed by atoms with E-state index in [1.165, 1.54) is 25.1 Å². The molecule has 0 spiro atoms. The summed E-state index contributed by atoms with van der Waals surface area (Å²) >= 11 is 0. The summed E-state index contributed by atoms with van der Waals surface area (Å²) in [6.07, 6.45) is -5.42. The minimum atomic E-state index is -4.87. The Kier molecular flexibility index (Phi) is 8.10. The zero-order chi connectivity index (χ0) is 24.8. The summed E-state index contributed by atoms with van der Waals surface area (Å²) < 4.78 is 44.7. The minimum absolute atomic E-state index is 0.0190. The molecule has 33 heavy (non-hydrogen) atoms. The Morgan fingerprint density at radius 3 is 2.24 bits per heavy atom. The molecule has 0 aliphatic heterocycles. The number of carboxylic acids is 1. The molecule has 0 bridgehead atoms. The Labute approximate surface area is 185 Å². The summed E-state index contributed by atoms with van der Waals surface area (Å²) in [5, 5.41) is 22.7. The molecular weight excluding hydrogens is 449 g/mol. The number of benzene rings is 2. The fraction of sp³-hybridized carbons (Fsp3) is 0.286. The molecule has 0 aromatic heterocycles. The molecule has 0 saturated heterocycles. The van der Waals surface area contributed by atoms with Gasteiger partial charge in [-0.2, -0.15) is 13.2 Å². The zero-order valence-electron chi connectivity index (χ0n) is 17.2. The van der Waals surface area contributed by atoms with E-state index >= 15 is 0 Å². The van der Waals surface area contributed by atoms with E-state index in [4.69, 9.17) is 4.74 Å². The van der Waals surface area contributed by atoms with E-state index in [1.54, 1.807) is 0 Å². The van der Waals surface area contributed by atoms with Crippen LogP contribution in [-0.2, 0) is 20.5 Å². The lowest BCUT2D eigenvalue weighted by molar-refractivity contribution is -0.384. The van der Waals surface area contributed by atoms with Gasteiger partial charge in [0, 0.05) is 18.1 Å². The van der Waals surface area contributed by atoms with E-state index in [9.17, 15) is 42.8 Å². The molecule has 2 aromatic rings. The lowest BCUT2D eigenvalue weighted by Crippen LogP contribution is -2.46. The number of non-ortho nitro benzene ring substituents is 1. The second-order valence-electron chi connectivity index (χ2n) is 6.80. The first-order valence-electron chi connectivity index (χ1n) is 9.55. The van der Waals surface area contributed by atoms with Crippen molar-refractivity contribution in [2.24, 2.45) is 0 Å². The molecule has 176 valence electrons. The first kappa shape index (κ1) is 25.3. The number of amides is 1. The van der Waals surface area contributed by atoms with E-state index in [-0.39, 0.29) is 17.9 Å². The van der Waals surface area contributed by atoms with Crippen LogP contribution >= 0.6 is 0 Å². The normalized spacial score (nSPS) is 13.0. The van der Waals surface area contributed by atoms with E-state index in [0.717, 1.165) is 24.3 Å². The van der Waals surface area contributed by atoms with Gasteiger partial charge in [0.15, 0.2) is 0 Å². The molecule has 2 rings (SSSR count). The van der Waals surface area contributed by atoms with Gasteiger partial charge < -0.3 is 15.2 Å². The Hall–Kier alpha value is -3.96. The Bertz CT molecular complexity index is 1040. The number of alkyl halides is 3. The first-order chi connectivity index (χ1) is 15.5. The predicted molar refractivity (Wildman–Crippen MR) is 107 cm³/mol. The SMILES string of the molecule is CCOC(=O)C[C@H](c1ccc([N+](=O)[O-])cc1)[C@H](NC(=O)c1ccccc1C(F)(F)F)C(=O)O. The van der Waals surface area contributed by atoms with Crippen LogP contribution in [0.2, 0.25) is 0 Å². The quantitative estimate of drug-likeness (QED) is 0.326. The third-order valence-corrected chi connectivity index (χ3v) is 4.66. The second-order valence-corrected chi connectivity index (χ2v) is 6.80. The first-order valence-corrected chi connectivity index (χ1v) is 9.55. The van der Waals surface area contributed by atoms with E-state index in [0.29, 0.717) is 6.07 Å². The molecule has 0 heterocycles. The van der Waals surface area contributed by atoms with Crippen LogP contribution in [0.3, 0.4) is 0 Å². The molecule has 0 unspecified atom stereocenters. The summed E-state index contributed by atoms with van der Waals surface area (Å²) in [7, 11) is 0. The van der Waals surface area contributed by atoms with Gasteiger partial charge in [-0.3, -0.25) is 19.7 Å². The van der Waals surface area contributed by atoms with Gasteiger partial charge in [-0.15, -0.1) is 0 Å². The molecule has 2 atom stereocenters. The standard InChI is InChI=1S/C21H19F3N2O7/c1-2-33-17(27)11-15(12-7-9-13(10-8-12)26(31)32)18(20(29)30)25-19(28)14-5-3-4-6-16(14)21(22,23)24/h3-10,15,18H,2,11H2,1H3,(H,25,28)(H,29,30)/t15-,18+/m1/s1. The lowest BCUT2D eigenvalue weighted by atomic mass is 9.88. The maximum Gasteiger partial charge on any atom is 0.417 e. The van der Waals surface area contributed by atoms with Crippen molar-refractivity contribution in [3.8, 4) is 0 Å². The third-order valence-electron chi connectivity index (χ3n) is 4.66. The van der Waals surface area contributed by atoms with Gasteiger partial charge in [-0.1, -0.05) is 24.3 Å². The Balaban J connectivity index is 2.45. The number of rotatable bonds is 9. The van der Waals surface area contributed by atoms with Gasteiger partial charge >= 0.3 is 18.1 Å². The Morgan fingerprint density at radius 1 is 1.12 bits per heavy atom. The molecular formula is C21H19F3N2O7. The maximum absolute atomic E-state index is 13.3. The van der Waals surface area contributed by atoms with Crippen molar-refractivity contribution >= 4 is 23.5 Å². The number of halogens is 3. The van der Waals surface area contributed by atoms with Gasteiger partial charge in [-0.05, 0) is 24.6 Å². The molecule has 0 saturated carbocycles. The fourth-order valence-corrected chi connectivity index (χ4v) is 3.15. The van der Waals surface area contributed by atoms with Crippen LogP contribution in [0.4, 0.5) is 18.9 Å². The summed E-state index contributed by atoms with van der Waals surface area (Å²) in [6.45, 7) is 1.50. The molecule has 0 aliphatic carbocycles. The summed E-state index contributed by atoms with van der Waals surface area (Å²) in [5.41, 5.74) is -2.23. The van der Waals surface area contributed by atoms with Crippen LogP contribution in [0.5, 0.6) is 0 Å². The van der Waals surface area contributed by atoms with Crippen molar-refractivity contribution in [3.05, 3.63) is 75.3 Å². The number of hydrogen-bond donors (Lipinski definition) is 2. The highest BCUT2D eigenvalue weighted by atomic mass is 19.4. The number of carbonyl (C=O) groups is 3. The third kappa shape index (κ3) is 6.51. The number of ether oxygens (including phenoxy) is 1. The molecule has 0 radical (unpaired) electrons. The second kappa shape index (κ2) is 10.6. The van der Waals surface area contributed by atoms with Crippen molar-refractivity contribution in [2.45, 2.75) is 31.5 Å². The minimum Gasteiger partial charge on any atom is -0.480 e. The summed E-state index contributed by atoms with van der Waals surface area (Å²) in [4.78, 5) is 46.9. The van der Waals surface area contributed by atoms with E-state index in [2.05, 4.69) is 0 Å². The molecule has 0 fully saturated rings. The fourth-order valence-electron chi connectivity index (χ4n) is 3.15. The van der Waals surface area contributed by atoms with Crippen molar-refractivity contribution < 1.29 is 42.3 Å². The molecule has 2 N–H and O–H groups in total. The van der Waals surface area contributed by atoms with Gasteiger partial charge in [-0.25, -0.2) is 4.79 Å². The number of esters is 1. The van der Waals surface area contributed by atoms with Crippen LogP contribution in [0.1, 0.15) is 40.7 Å². The maximum atomic E-state index is 13.3. The van der Waals surface area contributed by atoms with E-state index < -0.39 is 58.5 Å². The van der Waals surface area contributed by atoms with Crippen LogP contribution in [0.25, 0.3) is 0 Å². The highest BCUT2D eigenvalue weighted by Crippen LogP contribution is 2.32. The summed E-state index contributed by atoms with van der Waals surface area (Å²) in [6, 6.07) is 6.55. The van der Waals surface area contributed by atoms with Crippen molar-refractivity contribution in [3.63, 3.8) is 0 Å². The lowest BCUT2D eigenvalue weighted by Gasteiger charge is -2.25. The van der Waals surface area contributed by atoms with Crippen molar-refractivity contribution in [2.75, 3.05) is 6.61 Å². The van der Waals surface area contributed by atoms with Crippen LogP contribution in [0.15, 0.2) is 48.5 Å². The largest absolute Gasteiger partial charge is 0.480 e. The summed E-state index contributed by atoms with van der Waals surface area (Å²) in [5.74, 6) is -5.05. The monoisotopic (exact) mass is 468 g/mol. The highest BCUT2D eigenvalue weighted by Gasteiger charge is 2.38. The van der Waals surface area contributed by atoms with Crippen molar-refractivity contribution in [1.82, 2.24) is 5.32 Å². The topological polar surface area (TPSA) is 136 Å². The average Bonchev–Trinajstić information content (AvgIpc) is 2.75. The van der Waals surface area contributed by atoms with Crippen molar-refractivity contribution in [1.29, 1.82) is 0 Å². The number of carboxylic acid groups (broad SMARTS) is 1.